The van der Waals surface area contributed by atoms with Gasteiger partial charge >= 0.3 is 5.97 Å². The van der Waals surface area contributed by atoms with Gasteiger partial charge in [0.25, 0.3) is 0 Å². The molecule has 0 aromatic carbocycles. The normalized spacial score (nSPS) is 12.7. The number of thioether (sulfide) groups is 1. The van der Waals surface area contributed by atoms with Crippen molar-refractivity contribution in [2.75, 3.05) is 5.75 Å². The molecule has 0 amide bonds. The molecule has 3 N–H and O–H groups in total. The van der Waals surface area contributed by atoms with Crippen LogP contribution in [-0.4, -0.2) is 33.1 Å². The lowest BCUT2D eigenvalue weighted by molar-refractivity contribution is -0.137. The predicted molar refractivity (Wildman–Crippen MR) is 56.7 cm³/mol. The molecule has 14 heavy (non-hydrogen) atoms. The monoisotopic (exact) mass is 253 g/mol. The smallest absolute Gasteiger partial charge is 0.321 e. The molecule has 0 radical (unpaired) electrons. The summed E-state index contributed by atoms with van der Waals surface area (Å²) in [5.41, 5.74) is 5.31. The van der Waals surface area contributed by atoms with Crippen molar-refractivity contribution in [2.24, 2.45) is 5.73 Å². The molecule has 0 aliphatic carbocycles. The number of nitrogens with zero attached hydrogens (tertiary/aromatic N) is 2. The molecule has 1 aromatic heterocycles. The number of carbonyl (C=O) groups is 1. The summed E-state index contributed by atoms with van der Waals surface area (Å²) in [6, 6.07) is -0.830. The molecule has 0 saturated heterocycles. The minimum absolute atomic E-state index is 0.354. The first-order chi connectivity index (χ1) is 6.59. The molecule has 8 heteroatoms. The zero-order valence-electron chi connectivity index (χ0n) is 7.01. The van der Waals surface area contributed by atoms with Crippen LogP contribution in [0.25, 0.3) is 0 Å². The van der Waals surface area contributed by atoms with E-state index in [0.29, 0.717) is 16.0 Å². The molecule has 0 aliphatic heterocycles. The second kappa shape index (κ2) is 5.50. The van der Waals surface area contributed by atoms with Crippen LogP contribution in [0.4, 0.5) is 0 Å². The van der Waals surface area contributed by atoms with E-state index >= 15 is 0 Å². The topological polar surface area (TPSA) is 89.1 Å². The minimum atomic E-state index is -0.993. The number of carboxylic acids is 1. The Balaban J connectivity index is 2.25. The fraction of sp³-hybridized carbons (Fsp3) is 0.500. The molecule has 1 heterocycles. The fourth-order valence-corrected chi connectivity index (χ4v) is 2.53. The Hall–Kier alpha value is -0.370. The molecule has 0 aliphatic rings. The van der Waals surface area contributed by atoms with Crippen molar-refractivity contribution < 1.29 is 9.90 Å². The van der Waals surface area contributed by atoms with Gasteiger partial charge in [0.05, 0.1) is 0 Å². The SMILES string of the molecule is N[C@H](CSCc1nnc(Cl)s1)C(=O)O. The number of hydrogen-bond donors (Lipinski definition) is 2. The van der Waals surface area contributed by atoms with Crippen molar-refractivity contribution in [2.45, 2.75) is 11.8 Å². The first kappa shape index (κ1) is 11.7. The van der Waals surface area contributed by atoms with Crippen LogP contribution in [0.5, 0.6) is 0 Å². The van der Waals surface area contributed by atoms with E-state index in [1.54, 1.807) is 0 Å². The van der Waals surface area contributed by atoms with Gasteiger partial charge in [-0.25, -0.2) is 0 Å². The largest absolute Gasteiger partial charge is 0.480 e. The summed E-state index contributed by atoms with van der Waals surface area (Å²) in [7, 11) is 0. The number of nitrogens with two attached hydrogens (primary N) is 1. The minimum Gasteiger partial charge on any atom is -0.480 e. The van der Waals surface area contributed by atoms with Gasteiger partial charge in [-0.1, -0.05) is 11.3 Å². The number of carboxylic acid groups (broad SMARTS) is 1. The zero-order valence-corrected chi connectivity index (χ0v) is 9.40. The molecule has 0 unspecified atom stereocenters. The van der Waals surface area contributed by atoms with E-state index in [1.165, 1.54) is 23.1 Å². The summed E-state index contributed by atoms with van der Waals surface area (Å²) < 4.78 is 0.392. The Morgan fingerprint density at radius 3 is 2.93 bits per heavy atom. The zero-order chi connectivity index (χ0) is 10.6. The van der Waals surface area contributed by atoms with Crippen molar-refractivity contribution in [1.82, 2.24) is 10.2 Å². The third kappa shape index (κ3) is 3.79. The van der Waals surface area contributed by atoms with E-state index in [1.807, 2.05) is 0 Å². The lowest BCUT2D eigenvalue weighted by Gasteiger charge is -2.03. The highest BCUT2D eigenvalue weighted by atomic mass is 35.5. The van der Waals surface area contributed by atoms with E-state index < -0.39 is 12.0 Å². The van der Waals surface area contributed by atoms with E-state index in [9.17, 15) is 4.79 Å². The average Bonchev–Trinajstić information content (AvgIpc) is 2.51. The Morgan fingerprint density at radius 2 is 2.43 bits per heavy atom. The quantitative estimate of drug-likeness (QED) is 0.808. The molecule has 0 fully saturated rings. The van der Waals surface area contributed by atoms with Gasteiger partial charge in [-0.2, -0.15) is 11.8 Å². The van der Waals surface area contributed by atoms with E-state index in [4.69, 9.17) is 22.4 Å². The van der Waals surface area contributed by atoms with Gasteiger partial charge < -0.3 is 10.8 Å². The number of halogens is 1. The summed E-state index contributed by atoms with van der Waals surface area (Å²) in [5.74, 6) is -0.0504. The lowest BCUT2D eigenvalue weighted by Crippen LogP contribution is -2.32. The van der Waals surface area contributed by atoms with Crippen LogP contribution >= 0.6 is 34.7 Å². The predicted octanol–water partition coefficient (Wildman–Crippen LogP) is 0.837. The van der Waals surface area contributed by atoms with Crippen LogP contribution in [0.2, 0.25) is 4.47 Å². The van der Waals surface area contributed by atoms with Gasteiger partial charge in [0.15, 0.2) is 0 Å². The first-order valence-corrected chi connectivity index (χ1v) is 5.98. The van der Waals surface area contributed by atoms with Crippen LogP contribution in [0.15, 0.2) is 0 Å². The van der Waals surface area contributed by atoms with E-state index in [-0.39, 0.29) is 0 Å². The van der Waals surface area contributed by atoms with Crippen molar-refractivity contribution in [1.29, 1.82) is 0 Å². The van der Waals surface area contributed by atoms with Crippen LogP contribution < -0.4 is 5.73 Å². The molecule has 1 rings (SSSR count). The van der Waals surface area contributed by atoms with Crippen molar-refractivity contribution in [3.05, 3.63) is 9.47 Å². The Bertz CT molecular complexity index is 320. The highest BCUT2D eigenvalue weighted by molar-refractivity contribution is 7.98. The van der Waals surface area contributed by atoms with Crippen LogP contribution in [0, 0.1) is 0 Å². The highest BCUT2D eigenvalue weighted by Gasteiger charge is 2.11. The van der Waals surface area contributed by atoms with Gasteiger partial charge in [0.1, 0.15) is 11.0 Å². The third-order valence-corrected chi connectivity index (χ3v) is 3.56. The number of aliphatic carboxylic acids is 1. The Kier molecular flexibility index (Phi) is 4.59. The highest BCUT2D eigenvalue weighted by Crippen LogP contribution is 2.19. The van der Waals surface area contributed by atoms with Crippen LogP contribution in [0.3, 0.4) is 0 Å². The molecular formula is C6H8ClN3O2S2. The van der Waals surface area contributed by atoms with Crippen molar-refractivity contribution >= 4 is 40.7 Å². The Morgan fingerprint density at radius 1 is 1.71 bits per heavy atom. The summed E-state index contributed by atoms with van der Waals surface area (Å²) in [6.45, 7) is 0. The Labute approximate surface area is 93.7 Å². The molecule has 0 saturated carbocycles. The molecule has 0 spiro atoms. The number of aromatic nitrogens is 2. The molecular weight excluding hydrogens is 246 g/mol. The maximum atomic E-state index is 10.4. The maximum absolute atomic E-state index is 10.4. The number of rotatable bonds is 5. The molecule has 0 bridgehead atoms. The third-order valence-electron chi connectivity index (χ3n) is 1.28. The van der Waals surface area contributed by atoms with E-state index in [0.717, 1.165) is 5.01 Å². The van der Waals surface area contributed by atoms with Gasteiger partial charge in [-0.3, -0.25) is 4.79 Å². The molecule has 5 nitrogen and oxygen atoms in total. The summed E-state index contributed by atoms with van der Waals surface area (Å²) in [6.07, 6.45) is 0. The average molecular weight is 254 g/mol. The summed E-state index contributed by atoms with van der Waals surface area (Å²) in [4.78, 5) is 10.4. The maximum Gasteiger partial charge on any atom is 0.321 e. The summed E-state index contributed by atoms with van der Waals surface area (Å²) in [5, 5.41) is 16.7. The van der Waals surface area contributed by atoms with Gasteiger partial charge in [-0.15, -0.1) is 10.2 Å². The molecule has 1 atom stereocenters. The summed E-state index contributed by atoms with van der Waals surface area (Å²) >= 11 is 8.25. The molecule has 1 aromatic rings. The first-order valence-electron chi connectivity index (χ1n) is 3.63. The molecule has 78 valence electrons. The van der Waals surface area contributed by atoms with Crippen LogP contribution in [0.1, 0.15) is 5.01 Å². The van der Waals surface area contributed by atoms with Gasteiger partial charge in [-0.05, 0) is 11.6 Å². The van der Waals surface area contributed by atoms with Gasteiger partial charge in [0.2, 0.25) is 4.47 Å². The lowest BCUT2D eigenvalue weighted by atomic mass is 10.4. The van der Waals surface area contributed by atoms with Gasteiger partial charge in [0, 0.05) is 11.5 Å². The van der Waals surface area contributed by atoms with Crippen LogP contribution in [-0.2, 0) is 10.5 Å². The number of hydrogen-bond acceptors (Lipinski definition) is 6. The van der Waals surface area contributed by atoms with E-state index in [2.05, 4.69) is 10.2 Å². The fourth-order valence-electron chi connectivity index (χ4n) is 0.636. The second-order valence-electron chi connectivity index (χ2n) is 2.41. The van der Waals surface area contributed by atoms with Crippen molar-refractivity contribution in [3.63, 3.8) is 0 Å². The second-order valence-corrected chi connectivity index (χ2v) is 5.08. The van der Waals surface area contributed by atoms with Crippen molar-refractivity contribution in [3.8, 4) is 0 Å². The standard InChI is InChI=1S/C6H8ClN3O2S2/c7-6-10-9-4(14-6)2-13-1-3(8)5(11)12/h3H,1-2,8H2,(H,11,12)/t3-/m1/s1.